The van der Waals surface area contributed by atoms with Gasteiger partial charge < -0.3 is 10.2 Å². The molecule has 1 aromatic rings. The van der Waals surface area contributed by atoms with Gasteiger partial charge in [0, 0.05) is 12.5 Å². The summed E-state index contributed by atoms with van der Waals surface area (Å²) < 4.78 is 1.76. The van der Waals surface area contributed by atoms with Crippen LogP contribution < -0.4 is 0 Å². The van der Waals surface area contributed by atoms with Crippen molar-refractivity contribution >= 4 is 0 Å². The van der Waals surface area contributed by atoms with E-state index in [0.29, 0.717) is 12.2 Å². The Bertz CT molecular complexity index is 355. The molecule has 0 amide bonds. The van der Waals surface area contributed by atoms with Crippen LogP contribution in [0, 0.1) is 5.41 Å². The van der Waals surface area contributed by atoms with Gasteiger partial charge in [0.1, 0.15) is 12.2 Å². The average molecular weight is 241 g/mol. The number of aliphatic hydroxyl groups is 2. The zero-order valence-corrected chi connectivity index (χ0v) is 11.3. The Morgan fingerprint density at radius 2 is 1.88 bits per heavy atom. The summed E-state index contributed by atoms with van der Waals surface area (Å²) in [6, 6.07) is 0.200. The van der Waals surface area contributed by atoms with Crippen molar-refractivity contribution in [1.29, 1.82) is 0 Å². The molecule has 1 heterocycles. The van der Waals surface area contributed by atoms with Crippen molar-refractivity contribution in [2.45, 2.75) is 59.3 Å². The predicted molar refractivity (Wildman–Crippen MR) is 65.6 cm³/mol. The van der Waals surface area contributed by atoms with Crippen LogP contribution in [0.25, 0.3) is 0 Å². The first-order valence-corrected chi connectivity index (χ1v) is 5.98. The molecule has 0 aliphatic heterocycles. The van der Waals surface area contributed by atoms with Gasteiger partial charge in [-0.2, -0.15) is 5.10 Å². The van der Waals surface area contributed by atoms with E-state index in [0.717, 1.165) is 0 Å². The third-order valence-electron chi connectivity index (χ3n) is 2.78. The first-order valence-electron chi connectivity index (χ1n) is 5.98. The summed E-state index contributed by atoms with van der Waals surface area (Å²) in [6.45, 7) is 9.70. The first-order chi connectivity index (χ1) is 7.73. The highest BCUT2D eigenvalue weighted by molar-refractivity contribution is 4.93. The summed E-state index contributed by atoms with van der Waals surface area (Å²) in [5.41, 5.74) is -0.345. The van der Waals surface area contributed by atoms with E-state index in [1.807, 2.05) is 34.6 Å². The van der Waals surface area contributed by atoms with Crippen LogP contribution in [0.3, 0.4) is 0 Å². The minimum atomic E-state index is -0.822. The number of aromatic nitrogens is 3. The Kier molecular flexibility index (Phi) is 4.27. The second-order valence-electron chi connectivity index (χ2n) is 5.80. The maximum atomic E-state index is 10.0. The van der Waals surface area contributed by atoms with Gasteiger partial charge in [-0.1, -0.05) is 20.8 Å². The molecule has 1 aromatic heterocycles. The molecule has 2 N–H and O–H groups in total. The van der Waals surface area contributed by atoms with Crippen molar-refractivity contribution in [3.63, 3.8) is 0 Å². The molecule has 0 aliphatic carbocycles. The van der Waals surface area contributed by atoms with Crippen molar-refractivity contribution in [3.8, 4) is 0 Å². The Morgan fingerprint density at radius 1 is 1.29 bits per heavy atom. The lowest BCUT2D eigenvalue weighted by atomic mass is 9.85. The third-order valence-corrected chi connectivity index (χ3v) is 2.78. The maximum Gasteiger partial charge on any atom is 0.138 e. The molecule has 0 saturated carbocycles. The second kappa shape index (κ2) is 5.14. The van der Waals surface area contributed by atoms with Gasteiger partial charge in [0.15, 0.2) is 0 Å². The van der Waals surface area contributed by atoms with Gasteiger partial charge in [0.05, 0.1) is 12.2 Å². The second-order valence-corrected chi connectivity index (χ2v) is 5.80. The molecular weight excluding hydrogens is 218 g/mol. The van der Waals surface area contributed by atoms with Crippen LogP contribution >= 0.6 is 0 Å². The Balaban J connectivity index is 2.74. The smallest absolute Gasteiger partial charge is 0.138 e. The zero-order chi connectivity index (χ0) is 13.2. The molecule has 0 saturated heterocycles. The topological polar surface area (TPSA) is 71.2 Å². The van der Waals surface area contributed by atoms with E-state index in [-0.39, 0.29) is 11.5 Å². The van der Waals surface area contributed by atoms with Crippen molar-refractivity contribution in [2.24, 2.45) is 5.41 Å². The highest BCUT2D eigenvalue weighted by Gasteiger charge is 2.30. The Hall–Kier alpha value is -0.940. The van der Waals surface area contributed by atoms with Crippen molar-refractivity contribution in [1.82, 2.24) is 14.8 Å². The number of hydrogen-bond donors (Lipinski definition) is 2. The van der Waals surface area contributed by atoms with Crippen LogP contribution in [0.1, 0.15) is 46.5 Å². The molecule has 0 bridgehead atoms. The molecule has 0 spiro atoms. The maximum absolute atomic E-state index is 10.0. The van der Waals surface area contributed by atoms with E-state index >= 15 is 0 Å². The largest absolute Gasteiger partial charge is 0.390 e. The Labute approximate surface area is 102 Å². The average Bonchev–Trinajstić information content (AvgIpc) is 2.63. The first kappa shape index (κ1) is 14.1. The van der Waals surface area contributed by atoms with Crippen LogP contribution in [0.5, 0.6) is 0 Å². The molecule has 1 rings (SSSR count). The fourth-order valence-corrected chi connectivity index (χ4v) is 1.73. The van der Waals surface area contributed by atoms with Gasteiger partial charge in [-0.25, -0.2) is 9.67 Å². The zero-order valence-electron chi connectivity index (χ0n) is 11.3. The summed E-state index contributed by atoms with van der Waals surface area (Å²) >= 11 is 0. The normalized spacial score (nSPS) is 16.2. The van der Waals surface area contributed by atoms with Crippen molar-refractivity contribution < 1.29 is 10.2 Å². The van der Waals surface area contributed by atoms with Gasteiger partial charge in [0.2, 0.25) is 0 Å². The number of hydrogen-bond acceptors (Lipinski definition) is 4. The number of aliphatic hydroxyl groups excluding tert-OH is 2. The van der Waals surface area contributed by atoms with Crippen molar-refractivity contribution in [2.75, 3.05) is 0 Å². The summed E-state index contributed by atoms with van der Waals surface area (Å²) in [6.07, 6.45) is 0.193. The van der Waals surface area contributed by atoms with E-state index in [2.05, 4.69) is 10.1 Å². The van der Waals surface area contributed by atoms with Crippen LogP contribution in [0.4, 0.5) is 0 Å². The van der Waals surface area contributed by atoms with E-state index < -0.39 is 12.2 Å². The minimum Gasteiger partial charge on any atom is -0.390 e. The summed E-state index contributed by atoms with van der Waals surface area (Å²) in [5, 5.41) is 24.1. The molecular formula is C12H23N3O2. The molecule has 17 heavy (non-hydrogen) atoms. The molecule has 5 nitrogen and oxygen atoms in total. The van der Waals surface area contributed by atoms with Crippen LogP contribution in [0.2, 0.25) is 0 Å². The van der Waals surface area contributed by atoms with E-state index in [4.69, 9.17) is 0 Å². The lowest BCUT2D eigenvalue weighted by Gasteiger charge is -2.29. The van der Waals surface area contributed by atoms with Gasteiger partial charge >= 0.3 is 0 Å². The summed E-state index contributed by atoms with van der Waals surface area (Å²) in [4.78, 5) is 4.12. The van der Waals surface area contributed by atoms with E-state index in [9.17, 15) is 10.2 Å². The molecule has 2 unspecified atom stereocenters. The van der Waals surface area contributed by atoms with E-state index in [1.165, 1.54) is 6.33 Å². The molecule has 0 aromatic carbocycles. The fourth-order valence-electron chi connectivity index (χ4n) is 1.73. The fraction of sp³-hybridized carbons (Fsp3) is 0.833. The predicted octanol–water partition coefficient (Wildman–Crippen LogP) is 1.17. The number of nitrogens with zero attached hydrogens (tertiary/aromatic N) is 3. The molecule has 0 radical (unpaired) electrons. The number of rotatable bonds is 4. The van der Waals surface area contributed by atoms with Gasteiger partial charge in [-0.05, 0) is 19.3 Å². The lowest BCUT2D eigenvalue weighted by Crippen LogP contribution is -2.39. The van der Waals surface area contributed by atoms with Gasteiger partial charge in [0.25, 0.3) is 0 Å². The van der Waals surface area contributed by atoms with Crippen molar-refractivity contribution in [3.05, 3.63) is 12.2 Å². The molecule has 2 atom stereocenters. The monoisotopic (exact) mass is 241 g/mol. The SMILES string of the molecule is CC(C)n1ncnc1CC(O)C(O)C(C)(C)C. The molecule has 5 heteroatoms. The van der Waals surface area contributed by atoms with Crippen LogP contribution in [-0.2, 0) is 6.42 Å². The summed E-state index contributed by atoms with van der Waals surface area (Å²) in [7, 11) is 0. The highest BCUT2D eigenvalue weighted by Crippen LogP contribution is 2.23. The summed E-state index contributed by atoms with van der Waals surface area (Å²) in [5.74, 6) is 0.704. The standard InChI is InChI=1S/C12H23N3O2/c1-8(2)15-10(13-7-14-15)6-9(16)11(17)12(3,4)5/h7-9,11,16-17H,6H2,1-5H3. The van der Waals surface area contributed by atoms with Gasteiger partial charge in [-0.15, -0.1) is 0 Å². The van der Waals surface area contributed by atoms with E-state index in [1.54, 1.807) is 4.68 Å². The molecule has 0 fully saturated rings. The van der Waals surface area contributed by atoms with Crippen LogP contribution in [-0.4, -0.2) is 37.2 Å². The molecule has 0 aliphatic rings. The quantitative estimate of drug-likeness (QED) is 0.830. The third kappa shape index (κ3) is 3.51. The lowest BCUT2D eigenvalue weighted by molar-refractivity contribution is -0.0446. The molecule has 98 valence electrons. The Morgan fingerprint density at radius 3 is 2.35 bits per heavy atom. The van der Waals surface area contributed by atoms with Gasteiger partial charge in [-0.3, -0.25) is 0 Å². The minimum absolute atomic E-state index is 0.200. The van der Waals surface area contributed by atoms with Crippen LogP contribution in [0.15, 0.2) is 6.33 Å². The highest BCUT2D eigenvalue weighted by atomic mass is 16.3.